The number of hydrazine groups is 1. The smallest absolute Gasteiger partial charge is 0.243 e. The van der Waals surface area contributed by atoms with E-state index in [0.717, 1.165) is 24.1 Å². The normalized spacial score (nSPS) is 15.4. The van der Waals surface area contributed by atoms with Gasteiger partial charge in [0.25, 0.3) is 0 Å². The van der Waals surface area contributed by atoms with E-state index in [1.165, 1.54) is 4.31 Å². The summed E-state index contributed by atoms with van der Waals surface area (Å²) in [5.74, 6) is 0.458. The Balaban J connectivity index is 1.79. The van der Waals surface area contributed by atoms with Crippen LogP contribution in [0.3, 0.4) is 0 Å². The molecule has 0 spiro atoms. The van der Waals surface area contributed by atoms with E-state index in [1.807, 2.05) is 0 Å². The van der Waals surface area contributed by atoms with Crippen LogP contribution in [-0.2, 0) is 26.0 Å². The van der Waals surface area contributed by atoms with Crippen LogP contribution in [0.5, 0.6) is 0 Å². The number of ether oxygens (including phenoxy) is 1. The molecule has 0 unspecified atom stereocenters. The SMILES string of the molecule is C=C(CCC(C)C)NNC(=O)CCc1ccc(S(=O)(=O)N2CCOCC2)cc1. The Morgan fingerprint density at radius 3 is 2.39 bits per heavy atom. The van der Waals surface area contributed by atoms with Crippen LogP contribution in [0, 0.1) is 5.92 Å². The highest BCUT2D eigenvalue weighted by molar-refractivity contribution is 7.89. The van der Waals surface area contributed by atoms with Gasteiger partial charge in [0.05, 0.1) is 18.1 Å². The Labute approximate surface area is 168 Å². The lowest BCUT2D eigenvalue weighted by atomic mass is 10.1. The van der Waals surface area contributed by atoms with E-state index in [-0.39, 0.29) is 10.8 Å². The number of carbonyl (C=O) groups is 1. The maximum Gasteiger partial charge on any atom is 0.243 e. The number of morpholine rings is 1. The quantitative estimate of drug-likeness (QED) is 0.579. The molecule has 1 fully saturated rings. The van der Waals surface area contributed by atoms with Crippen molar-refractivity contribution in [3.63, 3.8) is 0 Å². The number of aryl methyl sites for hydroxylation is 1. The fourth-order valence-corrected chi connectivity index (χ4v) is 4.18. The van der Waals surface area contributed by atoms with Gasteiger partial charge in [-0.15, -0.1) is 0 Å². The van der Waals surface area contributed by atoms with Gasteiger partial charge in [-0.05, 0) is 42.9 Å². The molecule has 2 rings (SSSR count). The molecule has 0 aromatic heterocycles. The molecule has 2 N–H and O–H groups in total. The summed E-state index contributed by atoms with van der Waals surface area (Å²) >= 11 is 0. The number of rotatable bonds is 10. The lowest BCUT2D eigenvalue weighted by molar-refractivity contribution is -0.121. The minimum atomic E-state index is -3.49. The number of hydrogen-bond acceptors (Lipinski definition) is 5. The number of nitrogens with one attached hydrogen (secondary N) is 2. The summed E-state index contributed by atoms with van der Waals surface area (Å²) in [6.07, 6.45) is 2.67. The van der Waals surface area contributed by atoms with Crippen molar-refractivity contribution in [2.45, 2.75) is 44.4 Å². The molecule has 0 saturated carbocycles. The maximum atomic E-state index is 12.6. The third-order valence-electron chi connectivity index (χ3n) is 4.57. The van der Waals surface area contributed by atoms with E-state index >= 15 is 0 Å². The zero-order chi connectivity index (χ0) is 20.6. The fourth-order valence-electron chi connectivity index (χ4n) is 2.77. The topological polar surface area (TPSA) is 87.7 Å². The van der Waals surface area contributed by atoms with Crippen molar-refractivity contribution < 1.29 is 17.9 Å². The number of carbonyl (C=O) groups excluding carboxylic acids is 1. The molecule has 0 aliphatic carbocycles. The predicted octanol–water partition coefficient (Wildman–Crippen LogP) is 2.21. The van der Waals surface area contributed by atoms with E-state index in [2.05, 4.69) is 31.3 Å². The van der Waals surface area contributed by atoms with Crippen LogP contribution in [0.15, 0.2) is 41.4 Å². The van der Waals surface area contributed by atoms with Crippen molar-refractivity contribution >= 4 is 15.9 Å². The molecule has 156 valence electrons. The van der Waals surface area contributed by atoms with Crippen molar-refractivity contribution in [3.8, 4) is 0 Å². The highest BCUT2D eigenvalue weighted by Gasteiger charge is 2.26. The second-order valence-electron chi connectivity index (χ2n) is 7.37. The van der Waals surface area contributed by atoms with Crippen LogP contribution < -0.4 is 10.9 Å². The summed E-state index contributed by atoms with van der Waals surface area (Å²) < 4.78 is 31.8. The summed E-state index contributed by atoms with van der Waals surface area (Å²) in [4.78, 5) is 12.2. The highest BCUT2D eigenvalue weighted by atomic mass is 32.2. The number of allylic oxidation sites excluding steroid dienone is 1. The molecule has 0 atom stereocenters. The molecule has 1 saturated heterocycles. The Hall–Kier alpha value is -1.90. The molecule has 1 heterocycles. The first-order valence-corrected chi connectivity index (χ1v) is 11.1. The van der Waals surface area contributed by atoms with Gasteiger partial charge in [0.15, 0.2) is 0 Å². The molecule has 7 nitrogen and oxygen atoms in total. The summed E-state index contributed by atoms with van der Waals surface area (Å²) in [5.41, 5.74) is 7.21. The van der Waals surface area contributed by atoms with E-state index in [0.29, 0.717) is 45.1 Å². The highest BCUT2D eigenvalue weighted by Crippen LogP contribution is 2.18. The van der Waals surface area contributed by atoms with Crippen LogP contribution in [0.4, 0.5) is 0 Å². The van der Waals surface area contributed by atoms with Crippen molar-refractivity contribution in [2.75, 3.05) is 26.3 Å². The second kappa shape index (κ2) is 10.6. The van der Waals surface area contributed by atoms with Crippen molar-refractivity contribution in [1.82, 2.24) is 15.2 Å². The Kier molecular flexibility index (Phi) is 8.47. The third-order valence-corrected chi connectivity index (χ3v) is 6.49. The van der Waals surface area contributed by atoms with E-state index in [1.54, 1.807) is 24.3 Å². The second-order valence-corrected chi connectivity index (χ2v) is 9.31. The number of nitrogens with zero attached hydrogens (tertiary/aromatic N) is 1. The third kappa shape index (κ3) is 6.92. The molecular weight excluding hydrogens is 378 g/mol. The summed E-state index contributed by atoms with van der Waals surface area (Å²) in [5, 5.41) is 0. The van der Waals surface area contributed by atoms with E-state index in [9.17, 15) is 13.2 Å². The molecule has 1 aliphatic heterocycles. The monoisotopic (exact) mass is 409 g/mol. The van der Waals surface area contributed by atoms with Gasteiger partial charge in [0.1, 0.15) is 0 Å². The molecule has 1 aromatic carbocycles. The van der Waals surface area contributed by atoms with Gasteiger partial charge >= 0.3 is 0 Å². The number of hydrogen-bond donors (Lipinski definition) is 2. The Morgan fingerprint density at radius 1 is 1.14 bits per heavy atom. The van der Waals surface area contributed by atoms with Crippen LogP contribution in [0.25, 0.3) is 0 Å². The average molecular weight is 410 g/mol. The summed E-state index contributed by atoms with van der Waals surface area (Å²) in [6, 6.07) is 6.72. The van der Waals surface area contributed by atoms with Crippen molar-refractivity contribution in [1.29, 1.82) is 0 Å². The van der Waals surface area contributed by atoms with Crippen LogP contribution in [0.1, 0.15) is 38.7 Å². The van der Waals surface area contributed by atoms with Gasteiger partial charge < -0.3 is 10.2 Å². The predicted molar refractivity (Wildman–Crippen MR) is 109 cm³/mol. The van der Waals surface area contributed by atoms with Crippen LogP contribution in [0.2, 0.25) is 0 Å². The van der Waals surface area contributed by atoms with Gasteiger partial charge in [-0.2, -0.15) is 4.31 Å². The molecule has 0 radical (unpaired) electrons. The lowest BCUT2D eigenvalue weighted by Gasteiger charge is -2.26. The minimum absolute atomic E-state index is 0.129. The largest absolute Gasteiger partial charge is 0.379 e. The van der Waals surface area contributed by atoms with Crippen molar-refractivity contribution in [2.24, 2.45) is 5.92 Å². The van der Waals surface area contributed by atoms with Gasteiger partial charge in [0, 0.05) is 25.2 Å². The summed E-state index contributed by atoms with van der Waals surface area (Å²) in [6.45, 7) is 9.77. The van der Waals surface area contributed by atoms with E-state index < -0.39 is 10.0 Å². The molecule has 1 aromatic rings. The zero-order valence-corrected chi connectivity index (χ0v) is 17.6. The zero-order valence-electron chi connectivity index (χ0n) is 16.7. The first kappa shape index (κ1) is 22.4. The average Bonchev–Trinajstić information content (AvgIpc) is 2.70. The van der Waals surface area contributed by atoms with Gasteiger partial charge in [-0.3, -0.25) is 10.2 Å². The van der Waals surface area contributed by atoms with Crippen molar-refractivity contribution in [3.05, 3.63) is 42.1 Å². The standard InChI is InChI=1S/C20H31N3O4S/c1-16(2)4-5-17(3)21-22-20(24)11-8-18-6-9-19(10-7-18)28(25,26)23-12-14-27-15-13-23/h6-7,9-10,16,21H,3-5,8,11-15H2,1-2H3,(H,22,24). The van der Waals surface area contributed by atoms with E-state index in [4.69, 9.17) is 4.74 Å². The number of benzene rings is 1. The lowest BCUT2D eigenvalue weighted by Crippen LogP contribution is -2.40. The molecule has 28 heavy (non-hydrogen) atoms. The minimum Gasteiger partial charge on any atom is -0.379 e. The van der Waals surface area contributed by atoms with Gasteiger partial charge in [-0.1, -0.05) is 32.6 Å². The first-order valence-electron chi connectivity index (χ1n) is 9.68. The molecule has 0 bridgehead atoms. The van der Waals surface area contributed by atoms with Gasteiger partial charge in [-0.25, -0.2) is 8.42 Å². The summed E-state index contributed by atoms with van der Waals surface area (Å²) in [7, 11) is -3.49. The van der Waals surface area contributed by atoms with Gasteiger partial charge in [0.2, 0.25) is 15.9 Å². The van der Waals surface area contributed by atoms with Crippen LogP contribution in [-0.4, -0.2) is 44.9 Å². The first-order chi connectivity index (χ1) is 13.3. The number of amides is 1. The molecule has 1 aliphatic rings. The Bertz CT molecular complexity index is 754. The van der Waals surface area contributed by atoms with Crippen LogP contribution >= 0.6 is 0 Å². The molecule has 1 amide bonds. The molecule has 8 heteroatoms. The fraction of sp³-hybridized carbons (Fsp3) is 0.550. The maximum absolute atomic E-state index is 12.6. The molecular formula is C20H31N3O4S. The Morgan fingerprint density at radius 2 is 1.79 bits per heavy atom. The number of sulfonamides is 1.